The predicted octanol–water partition coefficient (Wildman–Crippen LogP) is 2.61. The van der Waals surface area contributed by atoms with Crippen molar-refractivity contribution in [2.75, 3.05) is 13.4 Å². The van der Waals surface area contributed by atoms with Gasteiger partial charge in [0, 0.05) is 17.1 Å². The second-order valence-electron chi connectivity index (χ2n) is 5.50. The van der Waals surface area contributed by atoms with E-state index in [0.717, 1.165) is 5.56 Å². The number of carbonyl (C=O) groups is 2. The highest BCUT2D eigenvalue weighted by molar-refractivity contribution is 6.31. The molecule has 1 aliphatic heterocycles. The molecule has 0 bridgehead atoms. The minimum absolute atomic E-state index is 0.0416. The molecular weight excluding hydrogens is 365 g/mol. The molecular formula is C18H15ClFNO5. The van der Waals surface area contributed by atoms with Crippen molar-refractivity contribution in [3.63, 3.8) is 0 Å². The van der Waals surface area contributed by atoms with Gasteiger partial charge in [-0.1, -0.05) is 23.7 Å². The molecule has 0 spiro atoms. The summed E-state index contributed by atoms with van der Waals surface area (Å²) in [6, 6.07) is 9.42. The number of carbonyl (C=O) groups excluding carboxylic acids is 2. The minimum Gasteiger partial charge on any atom is -0.455 e. The summed E-state index contributed by atoms with van der Waals surface area (Å²) < 4.78 is 28.9. The van der Waals surface area contributed by atoms with Crippen LogP contribution in [0.15, 0.2) is 36.4 Å². The third-order valence-corrected chi connectivity index (χ3v) is 4.03. The Labute approximate surface area is 153 Å². The molecule has 1 N–H and O–H groups in total. The van der Waals surface area contributed by atoms with E-state index in [2.05, 4.69) is 5.32 Å². The fourth-order valence-electron chi connectivity index (χ4n) is 2.35. The molecule has 0 saturated heterocycles. The van der Waals surface area contributed by atoms with Crippen molar-refractivity contribution in [2.45, 2.75) is 13.0 Å². The number of ether oxygens (including phenoxy) is 3. The van der Waals surface area contributed by atoms with E-state index in [0.29, 0.717) is 11.5 Å². The fourth-order valence-corrected chi connectivity index (χ4v) is 2.58. The summed E-state index contributed by atoms with van der Waals surface area (Å²) in [6.45, 7) is -0.0469. The van der Waals surface area contributed by atoms with Crippen LogP contribution in [0.25, 0.3) is 0 Å². The zero-order valence-corrected chi connectivity index (χ0v) is 14.3. The van der Waals surface area contributed by atoms with Crippen LogP contribution in [0.4, 0.5) is 4.39 Å². The number of amides is 1. The number of nitrogens with one attached hydrogen (secondary N) is 1. The van der Waals surface area contributed by atoms with Crippen LogP contribution in [0.2, 0.25) is 5.02 Å². The second-order valence-corrected chi connectivity index (χ2v) is 5.91. The number of hydrogen-bond donors (Lipinski definition) is 1. The lowest BCUT2D eigenvalue weighted by molar-refractivity contribution is -0.147. The quantitative estimate of drug-likeness (QED) is 0.781. The number of esters is 1. The van der Waals surface area contributed by atoms with Crippen molar-refractivity contribution in [1.82, 2.24) is 5.32 Å². The molecule has 1 amide bonds. The summed E-state index contributed by atoms with van der Waals surface area (Å²) in [6.07, 6.45) is -0.346. The largest absolute Gasteiger partial charge is 0.455 e. The molecule has 0 atom stereocenters. The summed E-state index contributed by atoms with van der Waals surface area (Å²) in [7, 11) is 0. The van der Waals surface area contributed by atoms with E-state index in [1.165, 1.54) is 18.2 Å². The summed E-state index contributed by atoms with van der Waals surface area (Å²) in [5.74, 6) is -0.543. The highest BCUT2D eigenvalue weighted by Gasteiger charge is 2.15. The van der Waals surface area contributed by atoms with Gasteiger partial charge in [-0.3, -0.25) is 9.59 Å². The molecule has 0 aromatic heterocycles. The standard InChI is InChI=1S/C18H15ClFNO5/c19-13-2-1-3-14(20)12(13)7-18(23)24-9-17(22)21-8-11-4-5-15-16(6-11)26-10-25-15/h1-6H,7-10H2,(H,21,22). The van der Waals surface area contributed by atoms with Gasteiger partial charge in [0.2, 0.25) is 6.79 Å². The van der Waals surface area contributed by atoms with E-state index in [1.807, 2.05) is 0 Å². The van der Waals surface area contributed by atoms with Crippen molar-refractivity contribution < 1.29 is 28.2 Å². The normalized spacial score (nSPS) is 11.9. The lowest BCUT2D eigenvalue weighted by Crippen LogP contribution is -2.28. The zero-order valence-electron chi connectivity index (χ0n) is 13.6. The van der Waals surface area contributed by atoms with Crippen molar-refractivity contribution in [2.24, 2.45) is 0 Å². The van der Waals surface area contributed by atoms with E-state index >= 15 is 0 Å². The van der Waals surface area contributed by atoms with Gasteiger partial charge < -0.3 is 19.5 Å². The van der Waals surface area contributed by atoms with Gasteiger partial charge in [-0.25, -0.2) is 4.39 Å². The number of benzene rings is 2. The first-order valence-electron chi connectivity index (χ1n) is 7.76. The first-order valence-corrected chi connectivity index (χ1v) is 8.14. The van der Waals surface area contributed by atoms with E-state index in [4.69, 9.17) is 25.8 Å². The topological polar surface area (TPSA) is 73.9 Å². The molecule has 0 saturated carbocycles. The van der Waals surface area contributed by atoms with Crippen LogP contribution in [0.3, 0.4) is 0 Å². The van der Waals surface area contributed by atoms with Crippen LogP contribution in [-0.2, 0) is 27.3 Å². The molecule has 2 aromatic carbocycles. The Balaban J connectivity index is 1.44. The monoisotopic (exact) mass is 379 g/mol. The van der Waals surface area contributed by atoms with Gasteiger partial charge in [0.25, 0.3) is 5.91 Å². The van der Waals surface area contributed by atoms with Crippen LogP contribution in [0, 0.1) is 5.82 Å². The highest BCUT2D eigenvalue weighted by Crippen LogP contribution is 2.32. The molecule has 3 rings (SSSR count). The predicted molar refractivity (Wildman–Crippen MR) is 90.5 cm³/mol. The van der Waals surface area contributed by atoms with E-state index in [9.17, 15) is 14.0 Å². The van der Waals surface area contributed by atoms with E-state index in [-0.39, 0.29) is 30.3 Å². The Morgan fingerprint density at radius 1 is 1.19 bits per heavy atom. The lowest BCUT2D eigenvalue weighted by Gasteiger charge is -2.08. The van der Waals surface area contributed by atoms with Gasteiger partial charge in [-0.05, 0) is 29.8 Å². The SMILES string of the molecule is O=C(COC(=O)Cc1c(F)cccc1Cl)NCc1ccc2c(c1)OCO2. The van der Waals surface area contributed by atoms with Gasteiger partial charge in [-0.15, -0.1) is 0 Å². The second kappa shape index (κ2) is 8.05. The van der Waals surface area contributed by atoms with Crippen LogP contribution in [0.5, 0.6) is 11.5 Å². The maximum Gasteiger partial charge on any atom is 0.310 e. The van der Waals surface area contributed by atoms with Gasteiger partial charge in [0.05, 0.1) is 6.42 Å². The summed E-state index contributed by atoms with van der Waals surface area (Å²) in [5, 5.41) is 2.75. The Kier molecular flexibility index (Phi) is 5.58. The highest BCUT2D eigenvalue weighted by atomic mass is 35.5. The Hall–Kier alpha value is -2.80. The average molecular weight is 380 g/mol. The third kappa shape index (κ3) is 4.43. The molecule has 26 heavy (non-hydrogen) atoms. The summed E-state index contributed by atoms with van der Waals surface area (Å²) in [5.41, 5.74) is 0.854. The number of halogens is 2. The van der Waals surface area contributed by atoms with Gasteiger partial charge >= 0.3 is 5.97 Å². The summed E-state index contributed by atoms with van der Waals surface area (Å²) >= 11 is 5.85. The Morgan fingerprint density at radius 3 is 2.81 bits per heavy atom. The number of hydrogen-bond acceptors (Lipinski definition) is 5. The van der Waals surface area contributed by atoms with Crippen molar-refractivity contribution in [3.05, 3.63) is 58.4 Å². The molecule has 1 aliphatic rings. The molecule has 0 fully saturated rings. The molecule has 8 heteroatoms. The molecule has 2 aromatic rings. The zero-order chi connectivity index (χ0) is 18.5. The lowest BCUT2D eigenvalue weighted by atomic mass is 10.1. The van der Waals surface area contributed by atoms with Crippen molar-refractivity contribution in [3.8, 4) is 11.5 Å². The van der Waals surface area contributed by atoms with Gasteiger partial charge in [0.1, 0.15) is 5.82 Å². The first kappa shape index (κ1) is 18.0. The average Bonchev–Trinajstić information content (AvgIpc) is 3.09. The van der Waals surface area contributed by atoms with E-state index < -0.39 is 24.3 Å². The molecule has 1 heterocycles. The van der Waals surface area contributed by atoms with Gasteiger partial charge in [-0.2, -0.15) is 0 Å². The van der Waals surface area contributed by atoms with Gasteiger partial charge in [0.15, 0.2) is 18.1 Å². The van der Waals surface area contributed by atoms with Crippen LogP contribution in [0.1, 0.15) is 11.1 Å². The summed E-state index contributed by atoms with van der Waals surface area (Å²) in [4.78, 5) is 23.6. The molecule has 0 radical (unpaired) electrons. The maximum atomic E-state index is 13.6. The molecule has 136 valence electrons. The molecule has 0 aliphatic carbocycles. The molecule has 6 nitrogen and oxygen atoms in total. The number of rotatable bonds is 6. The smallest absolute Gasteiger partial charge is 0.310 e. The maximum absolute atomic E-state index is 13.6. The van der Waals surface area contributed by atoms with E-state index in [1.54, 1.807) is 18.2 Å². The number of fused-ring (bicyclic) bond motifs is 1. The van der Waals surface area contributed by atoms with Crippen LogP contribution < -0.4 is 14.8 Å². The fraction of sp³-hybridized carbons (Fsp3) is 0.222. The van der Waals surface area contributed by atoms with Crippen molar-refractivity contribution in [1.29, 1.82) is 0 Å². The minimum atomic E-state index is -0.741. The van der Waals surface area contributed by atoms with Crippen LogP contribution in [-0.4, -0.2) is 25.3 Å². The Morgan fingerprint density at radius 2 is 2.00 bits per heavy atom. The molecule has 0 unspecified atom stereocenters. The van der Waals surface area contributed by atoms with Crippen molar-refractivity contribution >= 4 is 23.5 Å². The van der Waals surface area contributed by atoms with Crippen LogP contribution >= 0.6 is 11.6 Å². The Bertz CT molecular complexity index is 822. The third-order valence-electron chi connectivity index (χ3n) is 3.67. The first-order chi connectivity index (χ1) is 12.5.